The average molecular weight is 309 g/mol. The lowest BCUT2D eigenvalue weighted by Crippen LogP contribution is -2.43. The van der Waals surface area contributed by atoms with Gasteiger partial charge in [0.2, 0.25) is 0 Å². The van der Waals surface area contributed by atoms with Crippen molar-refractivity contribution in [3.63, 3.8) is 0 Å². The molecular formula is C18H32N2S. The van der Waals surface area contributed by atoms with Crippen LogP contribution >= 0.6 is 11.3 Å². The minimum Gasteiger partial charge on any atom is -0.310 e. The van der Waals surface area contributed by atoms with Gasteiger partial charge in [-0.05, 0) is 49.4 Å². The second-order valence-corrected chi connectivity index (χ2v) is 8.87. The second-order valence-electron chi connectivity index (χ2n) is 7.70. The summed E-state index contributed by atoms with van der Waals surface area (Å²) in [6.07, 6.45) is 2.76. The number of likely N-dealkylation sites (tertiary alicyclic amines) is 1. The lowest BCUT2D eigenvalue weighted by Gasteiger charge is -2.31. The third kappa shape index (κ3) is 4.80. The first-order chi connectivity index (χ1) is 9.88. The summed E-state index contributed by atoms with van der Waals surface area (Å²) in [5, 5.41) is 3.69. The van der Waals surface area contributed by atoms with E-state index in [0.29, 0.717) is 6.04 Å². The van der Waals surface area contributed by atoms with Crippen molar-refractivity contribution < 1.29 is 0 Å². The number of nitrogens with one attached hydrogen (secondary N) is 1. The molecule has 1 fully saturated rings. The van der Waals surface area contributed by atoms with Crippen LogP contribution in [0.15, 0.2) is 12.1 Å². The molecule has 0 spiro atoms. The Morgan fingerprint density at radius 2 is 1.86 bits per heavy atom. The number of rotatable bonds is 6. The molecule has 21 heavy (non-hydrogen) atoms. The maximum Gasteiger partial charge on any atom is 0.0300 e. The fourth-order valence-electron chi connectivity index (χ4n) is 3.08. The van der Waals surface area contributed by atoms with Crippen LogP contribution < -0.4 is 5.32 Å². The quantitative estimate of drug-likeness (QED) is 0.845. The Kier molecular flexibility index (Phi) is 5.87. The molecule has 1 N–H and O–H groups in total. The summed E-state index contributed by atoms with van der Waals surface area (Å²) in [6, 6.07) is 5.27. The van der Waals surface area contributed by atoms with Crippen molar-refractivity contribution in [1.82, 2.24) is 10.2 Å². The van der Waals surface area contributed by atoms with E-state index in [9.17, 15) is 0 Å². The van der Waals surface area contributed by atoms with Crippen LogP contribution in [0.2, 0.25) is 0 Å². The molecule has 1 atom stereocenters. The van der Waals surface area contributed by atoms with E-state index in [4.69, 9.17) is 0 Å². The molecule has 0 aliphatic carbocycles. The van der Waals surface area contributed by atoms with Crippen LogP contribution in [-0.4, -0.2) is 30.6 Å². The zero-order valence-electron chi connectivity index (χ0n) is 14.4. The van der Waals surface area contributed by atoms with Crippen LogP contribution in [0.25, 0.3) is 0 Å². The number of hydrogen-bond acceptors (Lipinski definition) is 3. The van der Waals surface area contributed by atoms with Crippen LogP contribution in [0, 0.1) is 5.92 Å². The lowest BCUT2D eigenvalue weighted by atomic mass is 9.95. The second kappa shape index (κ2) is 7.26. The van der Waals surface area contributed by atoms with Crippen molar-refractivity contribution >= 4 is 11.3 Å². The first-order valence-corrected chi connectivity index (χ1v) is 9.23. The smallest absolute Gasteiger partial charge is 0.0300 e. The number of thiophene rings is 1. The van der Waals surface area contributed by atoms with E-state index < -0.39 is 0 Å². The molecule has 1 aromatic rings. The summed E-state index contributed by atoms with van der Waals surface area (Å²) in [5.41, 5.74) is 0.277. The van der Waals surface area contributed by atoms with E-state index in [1.165, 1.54) is 35.7 Å². The standard InChI is InChI=1S/C18H32N2S/c1-14(2)16(20-10-6-7-11-20)13-19-12-15-8-9-17(21-15)18(3,4)5/h8-9,14,16,19H,6-7,10-13H2,1-5H3. The highest BCUT2D eigenvalue weighted by Gasteiger charge is 2.24. The van der Waals surface area contributed by atoms with Crippen molar-refractivity contribution in [2.24, 2.45) is 5.92 Å². The van der Waals surface area contributed by atoms with Gasteiger partial charge in [0.05, 0.1) is 0 Å². The highest BCUT2D eigenvalue weighted by Crippen LogP contribution is 2.29. The maximum absolute atomic E-state index is 3.69. The fourth-order valence-corrected chi connectivity index (χ4v) is 4.11. The van der Waals surface area contributed by atoms with Crippen LogP contribution in [0.1, 0.15) is 57.2 Å². The molecule has 0 bridgehead atoms. The number of nitrogens with zero attached hydrogens (tertiary/aromatic N) is 1. The van der Waals surface area contributed by atoms with Gasteiger partial charge in [0.15, 0.2) is 0 Å². The van der Waals surface area contributed by atoms with E-state index >= 15 is 0 Å². The Morgan fingerprint density at radius 1 is 1.19 bits per heavy atom. The summed E-state index contributed by atoms with van der Waals surface area (Å²) < 4.78 is 0. The Balaban J connectivity index is 1.83. The van der Waals surface area contributed by atoms with Crippen LogP contribution in [0.4, 0.5) is 0 Å². The van der Waals surface area contributed by atoms with Gasteiger partial charge in [-0.15, -0.1) is 11.3 Å². The van der Waals surface area contributed by atoms with E-state index in [-0.39, 0.29) is 5.41 Å². The van der Waals surface area contributed by atoms with Crippen molar-refractivity contribution in [2.45, 2.75) is 65.5 Å². The SMILES string of the molecule is CC(C)C(CNCc1ccc(C(C)(C)C)s1)N1CCCC1. The average Bonchev–Trinajstić information content (AvgIpc) is 3.04. The van der Waals surface area contributed by atoms with E-state index in [1.807, 2.05) is 11.3 Å². The molecule has 1 unspecified atom stereocenters. The highest BCUT2D eigenvalue weighted by atomic mass is 32.1. The summed E-state index contributed by atoms with van der Waals surface area (Å²) in [6.45, 7) is 16.3. The van der Waals surface area contributed by atoms with Crippen molar-refractivity contribution in [3.05, 3.63) is 21.9 Å². The third-order valence-corrected chi connectivity index (χ3v) is 5.94. The summed E-state index contributed by atoms with van der Waals surface area (Å²) in [7, 11) is 0. The normalized spacial score (nSPS) is 18.6. The summed E-state index contributed by atoms with van der Waals surface area (Å²) in [5.74, 6) is 0.726. The molecule has 2 rings (SSSR count). The fraction of sp³-hybridized carbons (Fsp3) is 0.778. The molecule has 1 aromatic heterocycles. The molecule has 2 nitrogen and oxygen atoms in total. The first kappa shape index (κ1) is 17.0. The Hall–Kier alpha value is -0.380. The predicted octanol–water partition coefficient (Wildman–Crippen LogP) is 4.26. The van der Waals surface area contributed by atoms with Gasteiger partial charge in [-0.1, -0.05) is 34.6 Å². The number of hydrogen-bond donors (Lipinski definition) is 1. The molecule has 0 saturated carbocycles. The molecule has 2 heterocycles. The monoisotopic (exact) mass is 308 g/mol. The lowest BCUT2D eigenvalue weighted by molar-refractivity contribution is 0.186. The van der Waals surface area contributed by atoms with Crippen LogP contribution in [-0.2, 0) is 12.0 Å². The molecular weight excluding hydrogens is 276 g/mol. The Labute approximate surface area is 134 Å². The van der Waals surface area contributed by atoms with Gasteiger partial charge in [0, 0.05) is 28.9 Å². The molecule has 120 valence electrons. The summed E-state index contributed by atoms with van der Waals surface area (Å²) in [4.78, 5) is 5.62. The van der Waals surface area contributed by atoms with Crippen molar-refractivity contribution in [3.8, 4) is 0 Å². The largest absolute Gasteiger partial charge is 0.310 e. The molecule has 0 radical (unpaired) electrons. The molecule has 1 aliphatic heterocycles. The Morgan fingerprint density at radius 3 is 2.38 bits per heavy atom. The van der Waals surface area contributed by atoms with E-state index in [0.717, 1.165) is 19.0 Å². The Bertz CT molecular complexity index is 425. The van der Waals surface area contributed by atoms with Gasteiger partial charge in [0.25, 0.3) is 0 Å². The maximum atomic E-state index is 3.69. The zero-order valence-corrected chi connectivity index (χ0v) is 15.2. The van der Waals surface area contributed by atoms with Crippen LogP contribution in [0.3, 0.4) is 0 Å². The van der Waals surface area contributed by atoms with Gasteiger partial charge >= 0.3 is 0 Å². The highest BCUT2D eigenvalue weighted by molar-refractivity contribution is 7.12. The molecule has 3 heteroatoms. The summed E-state index contributed by atoms with van der Waals surface area (Å²) >= 11 is 1.96. The molecule has 0 aromatic carbocycles. The van der Waals surface area contributed by atoms with Gasteiger partial charge in [-0.25, -0.2) is 0 Å². The van der Waals surface area contributed by atoms with Gasteiger partial charge in [-0.3, -0.25) is 4.90 Å². The van der Waals surface area contributed by atoms with E-state index in [2.05, 4.69) is 57.0 Å². The van der Waals surface area contributed by atoms with E-state index in [1.54, 1.807) is 0 Å². The van der Waals surface area contributed by atoms with Gasteiger partial charge < -0.3 is 5.32 Å². The minimum absolute atomic E-state index is 0.277. The predicted molar refractivity (Wildman–Crippen MR) is 94.2 cm³/mol. The third-order valence-electron chi connectivity index (χ3n) is 4.43. The molecule has 0 amide bonds. The van der Waals surface area contributed by atoms with Crippen molar-refractivity contribution in [1.29, 1.82) is 0 Å². The van der Waals surface area contributed by atoms with Gasteiger partial charge in [0.1, 0.15) is 0 Å². The van der Waals surface area contributed by atoms with Crippen molar-refractivity contribution in [2.75, 3.05) is 19.6 Å². The van der Waals surface area contributed by atoms with Crippen LogP contribution in [0.5, 0.6) is 0 Å². The molecule has 1 saturated heterocycles. The zero-order chi connectivity index (χ0) is 15.5. The topological polar surface area (TPSA) is 15.3 Å². The molecule has 1 aliphatic rings. The van der Waals surface area contributed by atoms with Gasteiger partial charge in [-0.2, -0.15) is 0 Å². The minimum atomic E-state index is 0.277. The first-order valence-electron chi connectivity index (χ1n) is 8.42.